The van der Waals surface area contributed by atoms with E-state index in [9.17, 15) is 0 Å². The first-order chi connectivity index (χ1) is 8.67. The number of benzene rings is 2. The van der Waals surface area contributed by atoms with Gasteiger partial charge in [0, 0.05) is 11.8 Å². The van der Waals surface area contributed by atoms with Gasteiger partial charge in [0.05, 0.1) is 19.9 Å². The molecule has 0 aliphatic rings. The molecular formula is C14H18N2O2. The van der Waals surface area contributed by atoms with Crippen molar-refractivity contribution in [2.75, 3.05) is 25.7 Å². The Morgan fingerprint density at radius 1 is 0.833 bits per heavy atom. The van der Waals surface area contributed by atoms with Crippen LogP contribution in [0, 0.1) is 0 Å². The molecular weight excluding hydrogens is 228 g/mol. The summed E-state index contributed by atoms with van der Waals surface area (Å²) in [6, 6.07) is 14.7. The monoisotopic (exact) mass is 246 g/mol. The number of ether oxygens (including phenoxy) is 2. The molecule has 0 fully saturated rings. The van der Waals surface area contributed by atoms with Gasteiger partial charge in [0.15, 0.2) is 0 Å². The zero-order valence-electron chi connectivity index (χ0n) is 10.6. The Morgan fingerprint density at radius 2 is 1.56 bits per heavy atom. The summed E-state index contributed by atoms with van der Waals surface area (Å²) in [4.78, 5) is 0. The Labute approximate surface area is 107 Å². The van der Waals surface area contributed by atoms with E-state index < -0.39 is 0 Å². The zero-order chi connectivity index (χ0) is 13.4. The molecule has 2 aromatic carbocycles. The fourth-order valence-electron chi connectivity index (χ4n) is 1.31. The summed E-state index contributed by atoms with van der Waals surface area (Å²) >= 11 is 0. The van der Waals surface area contributed by atoms with E-state index in [2.05, 4.69) is 0 Å². The molecule has 0 bridgehead atoms. The number of anilines is 2. The fraction of sp³-hybridized carbons (Fsp3) is 0.143. The second-order valence-electron chi connectivity index (χ2n) is 3.52. The van der Waals surface area contributed by atoms with Gasteiger partial charge in [-0.25, -0.2) is 0 Å². The lowest BCUT2D eigenvalue weighted by molar-refractivity contribution is 0.415. The highest BCUT2D eigenvalue weighted by atomic mass is 16.5. The number of hydrogen-bond acceptors (Lipinski definition) is 4. The minimum Gasteiger partial charge on any atom is -0.497 e. The summed E-state index contributed by atoms with van der Waals surface area (Å²) in [6.45, 7) is 0. The summed E-state index contributed by atoms with van der Waals surface area (Å²) in [5.41, 5.74) is 12.4. The van der Waals surface area contributed by atoms with Gasteiger partial charge >= 0.3 is 0 Å². The molecule has 0 spiro atoms. The molecule has 2 rings (SSSR count). The summed E-state index contributed by atoms with van der Waals surface area (Å²) in [7, 11) is 3.22. The second-order valence-corrected chi connectivity index (χ2v) is 3.52. The summed E-state index contributed by atoms with van der Waals surface area (Å²) < 4.78 is 9.83. The number of nitrogens with two attached hydrogens (primary N) is 2. The smallest absolute Gasteiger partial charge is 0.141 e. The first-order valence-corrected chi connectivity index (χ1v) is 5.45. The fourth-order valence-corrected chi connectivity index (χ4v) is 1.31. The third kappa shape index (κ3) is 4.25. The zero-order valence-corrected chi connectivity index (χ0v) is 10.6. The van der Waals surface area contributed by atoms with Gasteiger partial charge in [-0.2, -0.15) is 0 Å². The van der Waals surface area contributed by atoms with Crippen LogP contribution in [0.15, 0.2) is 48.5 Å². The molecule has 4 nitrogen and oxygen atoms in total. The van der Waals surface area contributed by atoms with Crippen molar-refractivity contribution in [2.24, 2.45) is 0 Å². The predicted molar refractivity (Wildman–Crippen MR) is 74.8 cm³/mol. The number of methoxy groups -OCH3 is 2. The van der Waals surface area contributed by atoms with Crippen molar-refractivity contribution < 1.29 is 9.47 Å². The molecule has 96 valence electrons. The highest BCUT2D eigenvalue weighted by molar-refractivity contribution is 5.51. The van der Waals surface area contributed by atoms with Crippen LogP contribution in [0.25, 0.3) is 0 Å². The normalized spacial score (nSPS) is 9.00. The van der Waals surface area contributed by atoms with Crippen LogP contribution in [0.3, 0.4) is 0 Å². The Balaban J connectivity index is 0.000000180. The maximum absolute atomic E-state index is 5.51. The standard InChI is InChI=1S/2C7H9NO/c1-9-7-4-2-3-6(8)5-7;1-9-7-5-3-2-4-6(7)8/h2*2-5H,8H2,1H3. The molecule has 0 amide bonds. The molecule has 0 saturated carbocycles. The molecule has 0 atom stereocenters. The minimum atomic E-state index is 0.681. The number of para-hydroxylation sites is 2. The minimum absolute atomic E-state index is 0.681. The summed E-state index contributed by atoms with van der Waals surface area (Å²) in [5, 5.41) is 0. The molecule has 0 aliphatic heterocycles. The van der Waals surface area contributed by atoms with Gasteiger partial charge in [0.25, 0.3) is 0 Å². The van der Waals surface area contributed by atoms with Crippen molar-refractivity contribution >= 4 is 11.4 Å². The first-order valence-electron chi connectivity index (χ1n) is 5.45. The van der Waals surface area contributed by atoms with Gasteiger partial charge in [-0.3, -0.25) is 0 Å². The molecule has 0 aromatic heterocycles. The van der Waals surface area contributed by atoms with Crippen LogP contribution in [0.2, 0.25) is 0 Å². The van der Waals surface area contributed by atoms with Crippen LogP contribution in [-0.4, -0.2) is 14.2 Å². The first kappa shape index (κ1) is 13.7. The molecule has 0 unspecified atom stereocenters. The van der Waals surface area contributed by atoms with Crippen molar-refractivity contribution in [3.63, 3.8) is 0 Å². The van der Waals surface area contributed by atoms with Crippen molar-refractivity contribution in [1.82, 2.24) is 0 Å². The molecule has 0 saturated heterocycles. The van der Waals surface area contributed by atoms with Gasteiger partial charge in [0.1, 0.15) is 11.5 Å². The van der Waals surface area contributed by atoms with Crippen LogP contribution in [0.1, 0.15) is 0 Å². The topological polar surface area (TPSA) is 70.5 Å². The van der Waals surface area contributed by atoms with E-state index in [0.717, 1.165) is 17.2 Å². The molecule has 0 heterocycles. The Kier molecular flexibility index (Phi) is 5.38. The van der Waals surface area contributed by atoms with Gasteiger partial charge in [-0.05, 0) is 24.3 Å². The van der Waals surface area contributed by atoms with E-state index >= 15 is 0 Å². The Morgan fingerprint density at radius 3 is 2.00 bits per heavy atom. The summed E-state index contributed by atoms with van der Waals surface area (Å²) in [6.07, 6.45) is 0. The lowest BCUT2D eigenvalue weighted by Gasteiger charge is -2.00. The lowest BCUT2D eigenvalue weighted by atomic mass is 10.3. The Bertz CT molecular complexity index is 487. The van der Waals surface area contributed by atoms with Gasteiger partial charge in [-0.15, -0.1) is 0 Å². The number of hydrogen-bond donors (Lipinski definition) is 2. The molecule has 0 radical (unpaired) electrons. The third-order valence-corrected chi connectivity index (χ3v) is 2.23. The molecule has 4 N–H and O–H groups in total. The van der Waals surface area contributed by atoms with E-state index in [1.807, 2.05) is 36.4 Å². The number of rotatable bonds is 2. The average molecular weight is 246 g/mol. The Hall–Kier alpha value is -2.36. The molecule has 18 heavy (non-hydrogen) atoms. The van der Waals surface area contributed by atoms with E-state index in [0.29, 0.717) is 5.69 Å². The van der Waals surface area contributed by atoms with Crippen molar-refractivity contribution in [2.45, 2.75) is 0 Å². The predicted octanol–water partition coefficient (Wildman–Crippen LogP) is 2.55. The van der Waals surface area contributed by atoms with Crippen LogP contribution < -0.4 is 20.9 Å². The molecule has 0 aliphatic carbocycles. The van der Waals surface area contributed by atoms with Crippen molar-refractivity contribution in [3.05, 3.63) is 48.5 Å². The van der Waals surface area contributed by atoms with E-state index in [-0.39, 0.29) is 0 Å². The maximum atomic E-state index is 5.51. The van der Waals surface area contributed by atoms with Crippen molar-refractivity contribution in [3.8, 4) is 11.5 Å². The SMILES string of the molecule is COc1cccc(N)c1.COc1ccccc1N. The van der Waals surface area contributed by atoms with E-state index in [1.165, 1.54) is 0 Å². The second kappa shape index (κ2) is 7.06. The molecule has 2 aromatic rings. The van der Waals surface area contributed by atoms with Crippen molar-refractivity contribution in [1.29, 1.82) is 0 Å². The van der Waals surface area contributed by atoms with Crippen LogP contribution in [0.4, 0.5) is 11.4 Å². The average Bonchev–Trinajstić information content (AvgIpc) is 2.40. The highest BCUT2D eigenvalue weighted by Crippen LogP contribution is 2.18. The highest BCUT2D eigenvalue weighted by Gasteiger charge is 1.91. The van der Waals surface area contributed by atoms with Crippen LogP contribution >= 0.6 is 0 Å². The lowest BCUT2D eigenvalue weighted by Crippen LogP contribution is -1.89. The third-order valence-electron chi connectivity index (χ3n) is 2.23. The number of nitrogen functional groups attached to an aromatic ring is 2. The van der Waals surface area contributed by atoms with Crippen LogP contribution in [0.5, 0.6) is 11.5 Å². The maximum Gasteiger partial charge on any atom is 0.141 e. The summed E-state index contributed by atoms with van der Waals surface area (Å²) in [5.74, 6) is 1.53. The van der Waals surface area contributed by atoms with Gasteiger partial charge in [-0.1, -0.05) is 18.2 Å². The largest absolute Gasteiger partial charge is 0.497 e. The van der Waals surface area contributed by atoms with E-state index in [4.69, 9.17) is 20.9 Å². The van der Waals surface area contributed by atoms with Crippen LogP contribution in [-0.2, 0) is 0 Å². The van der Waals surface area contributed by atoms with Gasteiger partial charge < -0.3 is 20.9 Å². The molecule has 4 heteroatoms. The van der Waals surface area contributed by atoms with E-state index in [1.54, 1.807) is 26.4 Å². The van der Waals surface area contributed by atoms with Gasteiger partial charge in [0.2, 0.25) is 0 Å². The quantitative estimate of drug-likeness (QED) is 0.799.